The maximum atomic E-state index is 11.8. The summed E-state index contributed by atoms with van der Waals surface area (Å²) >= 11 is 0. The van der Waals surface area contributed by atoms with E-state index in [2.05, 4.69) is 0 Å². The Hall–Kier alpha value is -1.91. The summed E-state index contributed by atoms with van der Waals surface area (Å²) in [4.78, 5) is 11.8. The predicted molar refractivity (Wildman–Crippen MR) is 72.0 cm³/mol. The molecular weight excluding hydrogens is 276 g/mol. The monoisotopic (exact) mass is 292 g/mol. The van der Waals surface area contributed by atoms with Gasteiger partial charge in [0.2, 0.25) is 0 Å². The molecule has 0 radical (unpaired) electrons. The van der Waals surface area contributed by atoms with Gasteiger partial charge in [-0.2, -0.15) is 0 Å². The first-order valence-corrected chi connectivity index (χ1v) is 6.32. The Morgan fingerprint density at radius 2 is 2.05 bits per heavy atom. The zero-order valence-corrected chi connectivity index (χ0v) is 11.4. The molecule has 21 heavy (non-hydrogen) atoms. The number of rotatable bonds is 3. The van der Waals surface area contributed by atoms with Gasteiger partial charge in [0.15, 0.2) is 11.4 Å². The molecule has 0 amide bonds. The van der Waals surface area contributed by atoms with Crippen LogP contribution in [0.1, 0.15) is 17.3 Å². The lowest BCUT2D eigenvalue weighted by atomic mass is 9.91. The van der Waals surface area contributed by atoms with Gasteiger partial charge in [-0.1, -0.05) is 24.1 Å². The third kappa shape index (κ3) is 2.77. The van der Waals surface area contributed by atoms with Crippen molar-refractivity contribution in [1.82, 2.24) is 0 Å². The van der Waals surface area contributed by atoms with E-state index in [-0.39, 0.29) is 0 Å². The first-order chi connectivity index (χ1) is 9.81. The second-order valence-corrected chi connectivity index (χ2v) is 5.00. The quantitative estimate of drug-likeness (QED) is 0.522. The van der Waals surface area contributed by atoms with Gasteiger partial charge in [-0.3, -0.25) is 0 Å². The maximum absolute atomic E-state index is 11.8. The van der Waals surface area contributed by atoms with Crippen molar-refractivity contribution in [3.8, 4) is 12.3 Å². The highest BCUT2D eigenvalue weighted by Crippen LogP contribution is 2.36. The van der Waals surface area contributed by atoms with Crippen LogP contribution >= 0.6 is 0 Å². The van der Waals surface area contributed by atoms with Gasteiger partial charge in [-0.15, -0.1) is 6.42 Å². The van der Waals surface area contributed by atoms with Crippen molar-refractivity contribution in [2.45, 2.75) is 30.5 Å². The minimum Gasteiger partial charge on any atom is -0.459 e. The number of aliphatic hydroxyl groups is 3. The molecular formula is C15H16O6. The Morgan fingerprint density at radius 1 is 1.43 bits per heavy atom. The normalized spacial score (nSPS) is 35.2. The SMILES string of the molecule is C#C[C@@]1(O)[C@@H](COC(=O)c2ccccc2)OC(C)(O)[C@@H]1O. The molecule has 6 nitrogen and oxygen atoms in total. The van der Waals surface area contributed by atoms with Gasteiger partial charge in [-0.25, -0.2) is 4.79 Å². The minimum atomic E-state index is -2.14. The molecule has 0 bridgehead atoms. The molecule has 1 saturated heterocycles. The predicted octanol–water partition coefficient (Wildman–Crippen LogP) is -0.324. The Morgan fingerprint density at radius 3 is 2.62 bits per heavy atom. The summed E-state index contributed by atoms with van der Waals surface area (Å²) in [5.41, 5.74) is -1.81. The van der Waals surface area contributed by atoms with Crippen LogP contribution in [0.4, 0.5) is 0 Å². The largest absolute Gasteiger partial charge is 0.459 e. The van der Waals surface area contributed by atoms with Gasteiger partial charge in [0.25, 0.3) is 0 Å². The molecule has 2 rings (SSSR count). The van der Waals surface area contributed by atoms with E-state index < -0.39 is 36.2 Å². The number of carbonyl (C=O) groups excluding carboxylic acids is 1. The molecule has 1 aromatic carbocycles. The number of aliphatic hydroxyl groups excluding tert-OH is 1. The minimum absolute atomic E-state index is 0.326. The third-order valence-corrected chi connectivity index (χ3v) is 3.40. The van der Waals surface area contributed by atoms with Crippen LogP contribution in [0.15, 0.2) is 30.3 Å². The number of ether oxygens (including phenoxy) is 2. The highest BCUT2D eigenvalue weighted by molar-refractivity contribution is 5.89. The van der Waals surface area contributed by atoms with Crippen molar-refractivity contribution >= 4 is 5.97 Å². The van der Waals surface area contributed by atoms with Crippen molar-refractivity contribution in [2.75, 3.05) is 6.61 Å². The van der Waals surface area contributed by atoms with Crippen molar-refractivity contribution < 1.29 is 29.6 Å². The zero-order valence-electron chi connectivity index (χ0n) is 11.4. The fourth-order valence-electron chi connectivity index (χ4n) is 2.17. The molecule has 0 aromatic heterocycles. The van der Waals surface area contributed by atoms with Crippen molar-refractivity contribution in [1.29, 1.82) is 0 Å². The average molecular weight is 292 g/mol. The lowest BCUT2D eigenvalue weighted by molar-refractivity contribution is -0.217. The number of esters is 1. The van der Waals surface area contributed by atoms with E-state index in [0.717, 1.165) is 0 Å². The van der Waals surface area contributed by atoms with E-state index in [1.165, 1.54) is 6.92 Å². The molecule has 1 aromatic rings. The molecule has 1 fully saturated rings. The highest BCUT2D eigenvalue weighted by atomic mass is 16.7. The zero-order chi connectivity index (χ0) is 15.7. The van der Waals surface area contributed by atoms with Gasteiger partial charge in [-0.05, 0) is 19.1 Å². The average Bonchev–Trinajstić information content (AvgIpc) is 2.66. The smallest absolute Gasteiger partial charge is 0.338 e. The van der Waals surface area contributed by atoms with Crippen LogP contribution in [-0.2, 0) is 9.47 Å². The fourth-order valence-corrected chi connectivity index (χ4v) is 2.17. The van der Waals surface area contributed by atoms with Gasteiger partial charge in [0.05, 0.1) is 5.56 Å². The molecule has 1 aliphatic rings. The first kappa shape index (κ1) is 15.5. The van der Waals surface area contributed by atoms with E-state index in [1.54, 1.807) is 30.3 Å². The number of carbonyl (C=O) groups is 1. The van der Waals surface area contributed by atoms with Crippen LogP contribution in [0.3, 0.4) is 0 Å². The summed E-state index contributed by atoms with van der Waals surface area (Å²) < 4.78 is 10.1. The summed E-state index contributed by atoms with van der Waals surface area (Å²) in [7, 11) is 0. The summed E-state index contributed by atoms with van der Waals surface area (Å²) in [6, 6.07) is 8.23. The topological polar surface area (TPSA) is 96.2 Å². The van der Waals surface area contributed by atoms with Gasteiger partial charge in [0, 0.05) is 0 Å². The number of terminal acetylenes is 1. The summed E-state index contributed by atoms with van der Waals surface area (Å²) in [5, 5.41) is 29.8. The Balaban J connectivity index is 2.07. The highest BCUT2D eigenvalue weighted by Gasteiger charge is 2.60. The van der Waals surface area contributed by atoms with E-state index in [9.17, 15) is 20.1 Å². The Labute approximate surface area is 121 Å². The van der Waals surface area contributed by atoms with E-state index >= 15 is 0 Å². The van der Waals surface area contributed by atoms with Crippen LogP contribution in [0.25, 0.3) is 0 Å². The Kier molecular flexibility index (Phi) is 4.03. The number of benzene rings is 1. The second kappa shape index (κ2) is 5.47. The molecule has 1 unspecified atom stereocenters. The Bertz CT molecular complexity index is 561. The standard InChI is InChI=1S/C15H16O6/c1-3-15(19)11(21-14(2,18)13(15)17)9-20-12(16)10-7-5-4-6-8-10/h1,4-8,11,13,17-19H,9H2,2H3/t11-,13+,14?,15-/m1/s1. The molecule has 0 aliphatic carbocycles. The van der Waals surface area contributed by atoms with Crippen molar-refractivity contribution in [3.63, 3.8) is 0 Å². The van der Waals surface area contributed by atoms with Gasteiger partial charge in [0.1, 0.15) is 18.8 Å². The summed E-state index contributed by atoms with van der Waals surface area (Å²) in [6.45, 7) is 0.765. The molecule has 112 valence electrons. The van der Waals surface area contributed by atoms with Crippen molar-refractivity contribution in [2.24, 2.45) is 0 Å². The summed E-state index contributed by atoms with van der Waals surface area (Å²) in [6.07, 6.45) is 2.25. The molecule has 4 atom stereocenters. The molecule has 0 spiro atoms. The lowest BCUT2D eigenvalue weighted by Crippen LogP contribution is -2.51. The fraction of sp³-hybridized carbons (Fsp3) is 0.400. The molecule has 0 saturated carbocycles. The lowest BCUT2D eigenvalue weighted by Gasteiger charge is -2.25. The van der Waals surface area contributed by atoms with Crippen LogP contribution in [0, 0.1) is 12.3 Å². The number of hydrogen-bond acceptors (Lipinski definition) is 6. The van der Waals surface area contributed by atoms with E-state index in [1.807, 2.05) is 5.92 Å². The van der Waals surface area contributed by atoms with Crippen LogP contribution < -0.4 is 0 Å². The first-order valence-electron chi connectivity index (χ1n) is 6.32. The molecule has 1 heterocycles. The van der Waals surface area contributed by atoms with Crippen LogP contribution in [-0.4, -0.2) is 51.5 Å². The van der Waals surface area contributed by atoms with Crippen molar-refractivity contribution in [3.05, 3.63) is 35.9 Å². The van der Waals surface area contributed by atoms with E-state index in [0.29, 0.717) is 5.56 Å². The molecule has 6 heteroatoms. The number of hydrogen-bond donors (Lipinski definition) is 3. The van der Waals surface area contributed by atoms with Crippen LogP contribution in [0.5, 0.6) is 0 Å². The van der Waals surface area contributed by atoms with Gasteiger partial charge >= 0.3 is 5.97 Å². The van der Waals surface area contributed by atoms with E-state index in [4.69, 9.17) is 15.9 Å². The second-order valence-electron chi connectivity index (χ2n) is 5.00. The summed E-state index contributed by atoms with van der Waals surface area (Å²) in [5.74, 6) is -0.660. The van der Waals surface area contributed by atoms with Crippen LogP contribution in [0.2, 0.25) is 0 Å². The maximum Gasteiger partial charge on any atom is 0.338 e. The molecule has 1 aliphatic heterocycles. The van der Waals surface area contributed by atoms with Gasteiger partial charge < -0.3 is 24.8 Å². The molecule has 3 N–H and O–H groups in total. The third-order valence-electron chi connectivity index (χ3n) is 3.40.